The molecule has 0 saturated heterocycles. The van der Waals surface area contributed by atoms with Gasteiger partial charge in [0.2, 0.25) is 5.91 Å². The topological polar surface area (TPSA) is 58.6 Å². The Morgan fingerprint density at radius 1 is 0.972 bits per heavy atom. The fraction of sp³-hybridized carbons (Fsp3) is 0.310. The Morgan fingerprint density at radius 2 is 1.67 bits per heavy atom. The van der Waals surface area contributed by atoms with Gasteiger partial charge in [-0.25, -0.2) is 0 Å². The zero-order valence-electron chi connectivity index (χ0n) is 20.8. The minimum atomic E-state index is -0.758. The fourth-order valence-corrected chi connectivity index (χ4v) is 4.22. The minimum absolute atomic E-state index is 0.137. The molecule has 36 heavy (non-hydrogen) atoms. The summed E-state index contributed by atoms with van der Waals surface area (Å²) in [5.74, 6) is 0.358. The normalized spacial score (nSPS) is 11.7. The van der Waals surface area contributed by atoms with Crippen LogP contribution in [0.4, 0.5) is 0 Å². The molecule has 2 amide bonds. The summed E-state index contributed by atoms with van der Waals surface area (Å²) < 4.78 is 5.87. The molecule has 0 radical (unpaired) electrons. The predicted molar refractivity (Wildman–Crippen MR) is 145 cm³/mol. The van der Waals surface area contributed by atoms with Crippen molar-refractivity contribution in [3.8, 4) is 5.75 Å². The van der Waals surface area contributed by atoms with Crippen molar-refractivity contribution in [1.82, 2.24) is 10.2 Å². The number of benzene rings is 3. The van der Waals surface area contributed by atoms with Crippen molar-refractivity contribution in [1.29, 1.82) is 0 Å². The lowest BCUT2D eigenvalue weighted by Gasteiger charge is -2.32. The van der Waals surface area contributed by atoms with Crippen molar-refractivity contribution in [2.45, 2.75) is 39.8 Å². The number of nitrogens with one attached hydrogen (secondary N) is 1. The SMILES string of the molecule is Cc1ccccc1OCC(=O)N(Cc1ccc(Cl)cc1Cl)C(Cc1ccccc1)C(=O)NCC(C)C. The van der Waals surface area contributed by atoms with Gasteiger partial charge in [-0.3, -0.25) is 9.59 Å². The number of halogens is 2. The van der Waals surface area contributed by atoms with Gasteiger partial charge >= 0.3 is 0 Å². The number of amides is 2. The van der Waals surface area contributed by atoms with E-state index in [0.717, 1.165) is 11.1 Å². The molecule has 0 aromatic heterocycles. The second-order valence-electron chi connectivity index (χ2n) is 9.16. The number of para-hydroxylation sites is 1. The third-order valence-electron chi connectivity index (χ3n) is 5.76. The third kappa shape index (κ3) is 8.00. The summed E-state index contributed by atoms with van der Waals surface area (Å²) in [6, 6.07) is 21.5. The molecule has 0 aliphatic carbocycles. The largest absolute Gasteiger partial charge is 0.484 e. The average molecular weight is 527 g/mol. The molecule has 0 aliphatic heterocycles. The Hall–Kier alpha value is -3.02. The van der Waals surface area contributed by atoms with E-state index >= 15 is 0 Å². The van der Waals surface area contributed by atoms with Gasteiger partial charge in [0.05, 0.1) is 0 Å². The lowest BCUT2D eigenvalue weighted by Crippen LogP contribution is -2.52. The number of hydrogen-bond donors (Lipinski definition) is 1. The Kier molecular flexibility index (Phi) is 10.2. The molecule has 3 aromatic carbocycles. The number of aryl methyl sites for hydroxylation is 1. The van der Waals surface area contributed by atoms with E-state index < -0.39 is 6.04 Å². The number of ether oxygens (including phenoxy) is 1. The molecule has 3 rings (SSSR count). The number of hydrogen-bond acceptors (Lipinski definition) is 3. The average Bonchev–Trinajstić information content (AvgIpc) is 2.85. The predicted octanol–water partition coefficient (Wildman–Crippen LogP) is 6.09. The number of carbonyl (C=O) groups is 2. The van der Waals surface area contributed by atoms with Gasteiger partial charge < -0.3 is 15.0 Å². The first-order chi connectivity index (χ1) is 17.2. The van der Waals surface area contributed by atoms with Gasteiger partial charge in [-0.1, -0.05) is 91.6 Å². The molecule has 0 heterocycles. The summed E-state index contributed by atoms with van der Waals surface area (Å²) in [7, 11) is 0. The number of carbonyl (C=O) groups excluding carboxylic acids is 2. The maximum absolute atomic E-state index is 13.6. The van der Waals surface area contributed by atoms with Crippen LogP contribution in [0, 0.1) is 12.8 Å². The highest BCUT2D eigenvalue weighted by molar-refractivity contribution is 6.35. The molecule has 0 bridgehead atoms. The molecule has 0 aliphatic rings. The van der Waals surface area contributed by atoms with Crippen LogP contribution in [-0.2, 0) is 22.6 Å². The smallest absolute Gasteiger partial charge is 0.261 e. The molecule has 3 aromatic rings. The molecule has 0 saturated carbocycles. The van der Waals surface area contributed by atoms with Crippen molar-refractivity contribution in [3.63, 3.8) is 0 Å². The van der Waals surface area contributed by atoms with Crippen LogP contribution in [-0.4, -0.2) is 35.9 Å². The van der Waals surface area contributed by atoms with E-state index in [1.54, 1.807) is 23.1 Å². The molecule has 1 unspecified atom stereocenters. The first-order valence-corrected chi connectivity index (χ1v) is 12.7. The second-order valence-corrected chi connectivity index (χ2v) is 10.00. The van der Waals surface area contributed by atoms with E-state index in [1.165, 1.54) is 0 Å². The molecular formula is C29H32Cl2N2O3. The Balaban J connectivity index is 1.94. The lowest BCUT2D eigenvalue weighted by molar-refractivity contribution is -0.142. The zero-order chi connectivity index (χ0) is 26.1. The maximum Gasteiger partial charge on any atom is 0.261 e. The summed E-state index contributed by atoms with van der Waals surface area (Å²) in [5, 5.41) is 3.93. The van der Waals surface area contributed by atoms with Gasteiger partial charge in [0.1, 0.15) is 11.8 Å². The summed E-state index contributed by atoms with van der Waals surface area (Å²) in [5.41, 5.74) is 2.56. The third-order valence-corrected chi connectivity index (χ3v) is 6.34. The van der Waals surface area contributed by atoms with E-state index in [2.05, 4.69) is 5.32 Å². The fourth-order valence-electron chi connectivity index (χ4n) is 3.75. The molecule has 7 heteroatoms. The molecule has 0 fully saturated rings. The highest BCUT2D eigenvalue weighted by Gasteiger charge is 2.31. The first kappa shape index (κ1) is 27.6. The van der Waals surface area contributed by atoms with Crippen molar-refractivity contribution >= 4 is 35.0 Å². The van der Waals surface area contributed by atoms with Gasteiger partial charge in [-0.2, -0.15) is 0 Å². The van der Waals surface area contributed by atoms with Crippen molar-refractivity contribution in [2.24, 2.45) is 5.92 Å². The van der Waals surface area contributed by atoms with E-state index in [1.807, 2.05) is 75.4 Å². The molecule has 190 valence electrons. The summed E-state index contributed by atoms with van der Waals surface area (Å²) in [6.07, 6.45) is 0.353. The van der Waals surface area contributed by atoms with Crippen LogP contribution in [0.2, 0.25) is 10.0 Å². The van der Waals surface area contributed by atoms with E-state index in [0.29, 0.717) is 34.3 Å². The minimum Gasteiger partial charge on any atom is -0.484 e. The first-order valence-electron chi connectivity index (χ1n) is 12.0. The highest BCUT2D eigenvalue weighted by atomic mass is 35.5. The second kappa shape index (κ2) is 13.3. The van der Waals surface area contributed by atoms with Crippen LogP contribution in [0.15, 0.2) is 72.8 Å². The van der Waals surface area contributed by atoms with Gasteiger partial charge in [-0.15, -0.1) is 0 Å². The van der Waals surface area contributed by atoms with Crippen molar-refractivity contribution in [2.75, 3.05) is 13.2 Å². The van der Waals surface area contributed by atoms with Crippen LogP contribution >= 0.6 is 23.2 Å². The number of nitrogens with zero attached hydrogens (tertiary/aromatic N) is 1. The Morgan fingerprint density at radius 3 is 2.33 bits per heavy atom. The van der Waals surface area contributed by atoms with Gasteiger partial charge in [0.25, 0.3) is 5.91 Å². The molecule has 0 spiro atoms. The van der Waals surface area contributed by atoms with E-state index in [4.69, 9.17) is 27.9 Å². The van der Waals surface area contributed by atoms with Gasteiger partial charge in [-0.05, 0) is 47.7 Å². The molecule has 5 nitrogen and oxygen atoms in total. The Labute approximate surface area is 223 Å². The molecule has 1 atom stereocenters. The Bertz CT molecular complexity index is 1170. The van der Waals surface area contributed by atoms with E-state index in [9.17, 15) is 9.59 Å². The highest BCUT2D eigenvalue weighted by Crippen LogP contribution is 2.24. The monoisotopic (exact) mass is 526 g/mol. The van der Waals surface area contributed by atoms with Gasteiger partial charge in [0.15, 0.2) is 6.61 Å². The van der Waals surface area contributed by atoms with Crippen LogP contribution in [0.25, 0.3) is 0 Å². The van der Waals surface area contributed by atoms with Crippen molar-refractivity contribution in [3.05, 3.63) is 99.5 Å². The maximum atomic E-state index is 13.6. The zero-order valence-corrected chi connectivity index (χ0v) is 22.4. The van der Waals surface area contributed by atoms with Crippen LogP contribution in [0.3, 0.4) is 0 Å². The summed E-state index contributed by atoms with van der Waals surface area (Å²) in [4.78, 5) is 28.6. The van der Waals surface area contributed by atoms with E-state index in [-0.39, 0.29) is 30.9 Å². The van der Waals surface area contributed by atoms with Crippen LogP contribution in [0.5, 0.6) is 5.75 Å². The standard InChI is InChI=1S/C29H32Cl2N2O3/c1-20(2)17-32-29(35)26(15-22-10-5-4-6-11-22)33(18-23-13-14-24(30)16-25(23)31)28(34)19-36-27-12-8-7-9-21(27)3/h4-14,16,20,26H,15,17-19H2,1-3H3,(H,32,35). The quantitative estimate of drug-likeness (QED) is 0.328. The summed E-state index contributed by atoms with van der Waals surface area (Å²) in [6.45, 7) is 6.41. The molecule has 1 N–H and O–H groups in total. The summed E-state index contributed by atoms with van der Waals surface area (Å²) >= 11 is 12.6. The lowest BCUT2D eigenvalue weighted by atomic mass is 10.0. The van der Waals surface area contributed by atoms with Crippen LogP contribution < -0.4 is 10.1 Å². The number of rotatable bonds is 11. The van der Waals surface area contributed by atoms with Gasteiger partial charge in [0, 0.05) is 29.6 Å². The van der Waals surface area contributed by atoms with Crippen LogP contribution in [0.1, 0.15) is 30.5 Å². The molecular weight excluding hydrogens is 495 g/mol. The van der Waals surface area contributed by atoms with Crippen molar-refractivity contribution < 1.29 is 14.3 Å².